The Morgan fingerprint density at radius 2 is 1.88 bits per heavy atom. The zero-order valence-electron chi connectivity index (χ0n) is 17.9. The SMILES string of the molecule is Cc1ccccc1Cn1cc(NC(=O)c2cc3sccc3n2CCc2ccccc2)cn1. The van der Waals surface area contributed by atoms with Crippen LogP contribution in [0.4, 0.5) is 5.69 Å². The van der Waals surface area contributed by atoms with E-state index in [4.69, 9.17) is 0 Å². The Morgan fingerprint density at radius 3 is 2.72 bits per heavy atom. The van der Waals surface area contributed by atoms with Crippen LogP contribution in [0.3, 0.4) is 0 Å². The number of carbonyl (C=O) groups is 1. The van der Waals surface area contributed by atoms with Crippen molar-refractivity contribution in [2.75, 3.05) is 5.32 Å². The smallest absolute Gasteiger partial charge is 0.272 e. The number of carbonyl (C=O) groups excluding carboxylic acids is 1. The van der Waals surface area contributed by atoms with Gasteiger partial charge in [-0.05, 0) is 47.5 Å². The predicted octanol–water partition coefficient (Wildman–Crippen LogP) is 5.75. The number of aryl methyl sites for hydroxylation is 3. The Labute approximate surface area is 190 Å². The molecule has 160 valence electrons. The highest BCUT2D eigenvalue weighted by molar-refractivity contribution is 7.17. The normalized spacial score (nSPS) is 11.2. The van der Waals surface area contributed by atoms with Crippen molar-refractivity contribution in [2.45, 2.75) is 26.4 Å². The summed E-state index contributed by atoms with van der Waals surface area (Å²) >= 11 is 1.66. The van der Waals surface area contributed by atoms with Crippen molar-refractivity contribution in [3.63, 3.8) is 0 Å². The first-order chi connectivity index (χ1) is 15.7. The van der Waals surface area contributed by atoms with E-state index in [0.717, 1.165) is 23.2 Å². The number of thiophene rings is 1. The van der Waals surface area contributed by atoms with Gasteiger partial charge < -0.3 is 9.88 Å². The molecule has 0 saturated heterocycles. The van der Waals surface area contributed by atoms with Crippen LogP contribution in [0.1, 0.15) is 27.2 Å². The molecule has 0 aliphatic rings. The molecule has 0 aliphatic carbocycles. The summed E-state index contributed by atoms with van der Waals surface area (Å²) in [5, 5.41) is 9.53. The third kappa shape index (κ3) is 4.22. The molecule has 5 nitrogen and oxygen atoms in total. The number of nitrogens with one attached hydrogen (secondary N) is 1. The van der Waals surface area contributed by atoms with Gasteiger partial charge in [0.1, 0.15) is 5.69 Å². The van der Waals surface area contributed by atoms with Crippen molar-refractivity contribution in [3.8, 4) is 0 Å². The number of amides is 1. The predicted molar refractivity (Wildman–Crippen MR) is 130 cm³/mol. The Kier molecular flexibility index (Phi) is 5.60. The Hall–Kier alpha value is -3.64. The molecule has 0 fully saturated rings. The van der Waals surface area contributed by atoms with Gasteiger partial charge >= 0.3 is 0 Å². The summed E-state index contributed by atoms with van der Waals surface area (Å²) in [6, 6.07) is 22.7. The number of rotatable bonds is 7. The van der Waals surface area contributed by atoms with Gasteiger partial charge in [-0.2, -0.15) is 5.10 Å². The van der Waals surface area contributed by atoms with E-state index in [9.17, 15) is 4.79 Å². The first-order valence-corrected chi connectivity index (χ1v) is 11.5. The van der Waals surface area contributed by atoms with Crippen LogP contribution in [0.15, 0.2) is 84.5 Å². The molecule has 0 spiro atoms. The lowest BCUT2D eigenvalue weighted by molar-refractivity contribution is 0.101. The van der Waals surface area contributed by atoms with E-state index in [1.165, 1.54) is 16.7 Å². The number of fused-ring (bicyclic) bond motifs is 1. The molecule has 0 atom stereocenters. The first kappa shape index (κ1) is 20.3. The average Bonchev–Trinajstić information content (AvgIpc) is 3.51. The number of anilines is 1. The Bertz CT molecular complexity index is 1360. The number of hydrogen-bond donors (Lipinski definition) is 1. The van der Waals surface area contributed by atoms with Crippen molar-refractivity contribution in [1.29, 1.82) is 0 Å². The third-order valence-corrected chi connectivity index (χ3v) is 6.56. The Morgan fingerprint density at radius 1 is 1.06 bits per heavy atom. The van der Waals surface area contributed by atoms with Crippen LogP contribution >= 0.6 is 11.3 Å². The summed E-state index contributed by atoms with van der Waals surface area (Å²) in [7, 11) is 0. The fourth-order valence-corrected chi connectivity index (χ4v) is 4.79. The van der Waals surface area contributed by atoms with Crippen molar-refractivity contribution in [1.82, 2.24) is 14.3 Å². The second kappa shape index (κ2) is 8.85. The van der Waals surface area contributed by atoms with E-state index >= 15 is 0 Å². The molecule has 0 unspecified atom stereocenters. The van der Waals surface area contributed by atoms with Crippen molar-refractivity contribution in [3.05, 3.63) is 107 Å². The number of aromatic nitrogens is 3. The molecule has 0 radical (unpaired) electrons. The van der Waals surface area contributed by atoms with E-state index in [-0.39, 0.29) is 5.91 Å². The lowest BCUT2D eigenvalue weighted by Gasteiger charge is -2.10. The molecule has 3 heterocycles. The van der Waals surface area contributed by atoms with Gasteiger partial charge in [0.15, 0.2) is 0 Å². The Balaban J connectivity index is 1.33. The molecule has 5 rings (SSSR count). The van der Waals surface area contributed by atoms with Crippen LogP contribution in [0.5, 0.6) is 0 Å². The number of hydrogen-bond acceptors (Lipinski definition) is 3. The first-order valence-electron chi connectivity index (χ1n) is 10.7. The third-order valence-electron chi connectivity index (χ3n) is 5.71. The molecular weight excluding hydrogens is 416 g/mol. The molecule has 5 aromatic rings. The van der Waals surface area contributed by atoms with Crippen LogP contribution in [0.25, 0.3) is 10.2 Å². The van der Waals surface area contributed by atoms with Crippen molar-refractivity contribution < 1.29 is 4.79 Å². The highest BCUT2D eigenvalue weighted by atomic mass is 32.1. The summed E-state index contributed by atoms with van der Waals surface area (Å²) in [6.07, 6.45) is 4.45. The highest BCUT2D eigenvalue weighted by Crippen LogP contribution is 2.26. The molecule has 6 heteroatoms. The van der Waals surface area contributed by atoms with Crippen LogP contribution < -0.4 is 5.32 Å². The van der Waals surface area contributed by atoms with E-state index in [2.05, 4.69) is 57.6 Å². The van der Waals surface area contributed by atoms with E-state index in [1.807, 2.05) is 47.3 Å². The molecule has 0 aliphatic heterocycles. The molecular formula is C26H24N4OS. The van der Waals surface area contributed by atoms with Gasteiger partial charge in [-0.25, -0.2) is 0 Å². The van der Waals surface area contributed by atoms with E-state index in [1.54, 1.807) is 17.5 Å². The summed E-state index contributed by atoms with van der Waals surface area (Å²) < 4.78 is 5.09. The topological polar surface area (TPSA) is 51.9 Å². The molecule has 32 heavy (non-hydrogen) atoms. The molecule has 0 bridgehead atoms. The van der Waals surface area contributed by atoms with E-state index < -0.39 is 0 Å². The number of nitrogens with zero attached hydrogens (tertiary/aromatic N) is 3. The van der Waals surface area contributed by atoms with Crippen molar-refractivity contribution >= 4 is 33.1 Å². The zero-order chi connectivity index (χ0) is 21.9. The molecule has 1 amide bonds. The second-order valence-electron chi connectivity index (χ2n) is 7.89. The lowest BCUT2D eigenvalue weighted by Crippen LogP contribution is -2.17. The molecule has 2 aromatic carbocycles. The maximum Gasteiger partial charge on any atom is 0.272 e. The maximum atomic E-state index is 13.2. The van der Waals surface area contributed by atoms with Gasteiger partial charge in [0, 0.05) is 12.7 Å². The van der Waals surface area contributed by atoms with Gasteiger partial charge in [0.05, 0.1) is 28.6 Å². The minimum atomic E-state index is -0.114. The summed E-state index contributed by atoms with van der Waals surface area (Å²) in [5.41, 5.74) is 6.17. The second-order valence-corrected chi connectivity index (χ2v) is 8.84. The quantitative estimate of drug-likeness (QED) is 0.350. The fraction of sp³-hybridized carbons (Fsp3) is 0.154. The van der Waals surface area contributed by atoms with Crippen LogP contribution in [0.2, 0.25) is 0 Å². The highest BCUT2D eigenvalue weighted by Gasteiger charge is 2.17. The number of benzene rings is 2. The molecule has 3 aromatic heterocycles. The molecule has 1 N–H and O–H groups in total. The van der Waals surface area contributed by atoms with Gasteiger partial charge in [-0.3, -0.25) is 9.48 Å². The minimum Gasteiger partial charge on any atom is -0.335 e. The summed E-state index contributed by atoms with van der Waals surface area (Å²) in [6.45, 7) is 3.52. The summed E-state index contributed by atoms with van der Waals surface area (Å²) in [5.74, 6) is -0.114. The van der Waals surface area contributed by atoms with Crippen LogP contribution in [-0.2, 0) is 19.5 Å². The largest absolute Gasteiger partial charge is 0.335 e. The van der Waals surface area contributed by atoms with Gasteiger partial charge in [-0.1, -0.05) is 54.6 Å². The monoisotopic (exact) mass is 440 g/mol. The zero-order valence-corrected chi connectivity index (χ0v) is 18.7. The fourth-order valence-electron chi connectivity index (χ4n) is 3.96. The van der Waals surface area contributed by atoms with Gasteiger partial charge in [0.25, 0.3) is 5.91 Å². The minimum absolute atomic E-state index is 0.114. The van der Waals surface area contributed by atoms with E-state index in [0.29, 0.717) is 17.9 Å². The van der Waals surface area contributed by atoms with Crippen LogP contribution in [0, 0.1) is 6.92 Å². The standard InChI is InChI=1S/C26H24N4OS/c1-19-7-5-6-10-21(19)17-29-18-22(16-27-29)28-26(31)24-15-25-23(12-14-32-25)30(24)13-11-20-8-3-2-4-9-20/h2-10,12,14-16,18H,11,13,17H2,1H3,(H,28,31). The van der Waals surface area contributed by atoms with Crippen LogP contribution in [-0.4, -0.2) is 20.3 Å². The summed E-state index contributed by atoms with van der Waals surface area (Å²) in [4.78, 5) is 13.2. The lowest BCUT2D eigenvalue weighted by atomic mass is 10.1. The molecule has 0 saturated carbocycles. The van der Waals surface area contributed by atoms with Gasteiger partial charge in [0.2, 0.25) is 0 Å². The van der Waals surface area contributed by atoms with Gasteiger partial charge in [-0.15, -0.1) is 11.3 Å². The average molecular weight is 441 g/mol. The maximum absolute atomic E-state index is 13.2. The van der Waals surface area contributed by atoms with Crippen molar-refractivity contribution in [2.24, 2.45) is 0 Å².